The number of nitrogens with zero attached hydrogens (tertiary/aromatic N) is 3. The van der Waals surface area contributed by atoms with Crippen LogP contribution in [0.1, 0.15) is 112 Å². The first-order chi connectivity index (χ1) is 15.5. The summed E-state index contributed by atoms with van der Waals surface area (Å²) in [6, 6.07) is 12.3. The summed E-state index contributed by atoms with van der Waals surface area (Å²) in [5.41, 5.74) is 7.20. The fourth-order valence-electron chi connectivity index (χ4n) is 3.24. The number of ketones is 1. The van der Waals surface area contributed by atoms with Crippen LogP contribution in [0.25, 0.3) is 0 Å². The molecular weight excluding hydrogens is 406 g/mol. The zero-order valence-electron chi connectivity index (χ0n) is 22.3. The summed E-state index contributed by atoms with van der Waals surface area (Å²) in [6.45, 7) is 18.9. The Labute approximate surface area is 201 Å². The van der Waals surface area contributed by atoms with Gasteiger partial charge in [0.25, 0.3) is 0 Å². The van der Waals surface area contributed by atoms with Crippen LogP contribution in [0.4, 0.5) is 0 Å². The minimum absolute atomic E-state index is 0.0255. The Morgan fingerprint density at radius 1 is 0.970 bits per heavy atom. The van der Waals surface area contributed by atoms with Crippen LogP contribution in [0.5, 0.6) is 0 Å². The van der Waals surface area contributed by atoms with E-state index in [0.29, 0.717) is 23.4 Å². The van der Waals surface area contributed by atoms with Crippen molar-refractivity contribution in [3.8, 4) is 0 Å². The van der Waals surface area contributed by atoms with Crippen LogP contribution in [0, 0.1) is 6.92 Å². The molecule has 0 saturated heterocycles. The van der Waals surface area contributed by atoms with Gasteiger partial charge in [-0.2, -0.15) is 5.10 Å². The van der Waals surface area contributed by atoms with Crippen LogP contribution in [0.3, 0.4) is 0 Å². The van der Waals surface area contributed by atoms with Gasteiger partial charge in [0, 0.05) is 25.9 Å². The molecule has 1 aromatic carbocycles. The van der Waals surface area contributed by atoms with E-state index in [1.807, 2.05) is 36.3 Å². The fraction of sp³-hybridized carbons (Fsp3) is 0.483. The van der Waals surface area contributed by atoms with Crippen molar-refractivity contribution in [2.75, 3.05) is 0 Å². The molecule has 0 atom stereocenters. The van der Waals surface area contributed by atoms with Crippen molar-refractivity contribution in [1.82, 2.24) is 14.8 Å². The molecule has 4 nitrogen and oxygen atoms in total. The first-order valence-corrected chi connectivity index (χ1v) is 12.0. The van der Waals surface area contributed by atoms with Crippen molar-refractivity contribution in [2.24, 2.45) is 7.05 Å². The van der Waals surface area contributed by atoms with E-state index in [1.165, 1.54) is 29.2 Å². The molecule has 2 heterocycles. The number of rotatable bonds is 5. The first-order valence-electron chi connectivity index (χ1n) is 12.0. The van der Waals surface area contributed by atoms with Gasteiger partial charge in [0.1, 0.15) is 5.69 Å². The third-order valence-electron chi connectivity index (χ3n) is 5.49. The number of aryl methyl sites for hydroxylation is 3. The second-order valence-electron chi connectivity index (χ2n) is 9.46. The Balaban J connectivity index is 0.000000250. The molecular formula is C29H43N3O. The molecule has 0 aliphatic heterocycles. The molecule has 3 rings (SSSR count). The highest BCUT2D eigenvalue weighted by Gasteiger charge is 2.05. The van der Waals surface area contributed by atoms with E-state index in [4.69, 9.17) is 0 Å². The van der Waals surface area contributed by atoms with Crippen LogP contribution >= 0.6 is 0 Å². The summed E-state index contributed by atoms with van der Waals surface area (Å²) in [4.78, 5) is 15.2. The van der Waals surface area contributed by atoms with Gasteiger partial charge in [-0.1, -0.05) is 72.7 Å². The molecule has 2 aromatic heterocycles. The van der Waals surface area contributed by atoms with Crippen molar-refractivity contribution in [3.63, 3.8) is 0 Å². The number of carbonyl (C=O) groups excluding carboxylic acids is 1. The van der Waals surface area contributed by atoms with Crippen molar-refractivity contribution >= 4 is 5.78 Å². The lowest BCUT2D eigenvalue weighted by atomic mass is 9.95. The van der Waals surface area contributed by atoms with E-state index in [-0.39, 0.29) is 5.78 Å². The molecule has 3 aromatic rings. The number of carbonyl (C=O) groups is 1. The summed E-state index contributed by atoms with van der Waals surface area (Å²) in [7, 11) is 1.94. The number of hydrogen-bond donors (Lipinski definition) is 0. The van der Waals surface area contributed by atoms with Gasteiger partial charge in [-0.05, 0) is 65.5 Å². The monoisotopic (exact) mass is 449 g/mol. The highest BCUT2D eigenvalue weighted by molar-refractivity contribution is 5.92. The maximum Gasteiger partial charge on any atom is 0.178 e. The third-order valence-corrected chi connectivity index (χ3v) is 5.49. The van der Waals surface area contributed by atoms with Crippen LogP contribution in [0.2, 0.25) is 0 Å². The maximum atomic E-state index is 11.0. The lowest BCUT2D eigenvalue weighted by Crippen LogP contribution is -2.00. The highest BCUT2D eigenvalue weighted by Crippen LogP contribution is 2.20. The zero-order valence-corrected chi connectivity index (χ0v) is 22.3. The second-order valence-corrected chi connectivity index (χ2v) is 9.46. The van der Waals surface area contributed by atoms with E-state index < -0.39 is 0 Å². The van der Waals surface area contributed by atoms with Gasteiger partial charge in [0.2, 0.25) is 0 Å². The maximum absolute atomic E-state index is 11.0. The summed E-state index contributed by atoms with van der Waals surface area (Å²) in [5, 5.41) is 4.05. The molecule has 0 N–H and O–H groups in total. The minimum atomic E-state index is 0.0255. The standard InChI is InChI=1S/C12H18.C10H13NO.C7H12N2/c1-5-11-7-6-10(4)12(8-11)9(2)3;1-7(2)9-5-4-6-10(11-9)8(3)12;1-6(2)7-4-8-9(3)5-7/h6-9H,5H2,1-4H3;4-7H,1-3H3;4-6H,1-3H3. The van der Waals surface area contributed by atoms with Crippen molar-refractivity contribution in [1.29, 1.82) is 0 Å². The molecule has 0 saturated carbocycles. The highest BCUT2D eigenvalue weighted by atomic mass is 16.1. The smallest absolute Gasteiger partial charge is 0.178 e. The topological polar surface area (TPSA) is 47.8 Å². The SMILES string of the molecule is CC(=O)c1cccc(C(C)C)n1.CC(C)c1cnn(C)c1.CCc1ccc(C)c(C(C)C)c1. The predicted molar refractivity (Wildman–Crippen MR) is 140 cm³/mol. The summed E-state index contributed by atoms with van der Waals surface area (Å²) < 4.78 is 1.83. The Morgan fingerprint density at radius 3 is 2.06 bits per heavy atom. The zero-order chi connectivity index (χ0) is 25.1. The van der Waals surface area contributed by atoms with Gasteiger partial charge in [0.15, 0.2) is 5.78 Å². The largest absolute Gasteiger partial charge is 0.293 e. The van der Waals surface area contributed by atoms with E-state index >= 15 is 0 Å². The van der Waals surface area contributed by atoms with E-state index in [2.05, 4.69) is 83.7 Å². The van der Waals surface area contributed by atoms with Gasteiger partial charge in [0.05, 0.1) is 6.20 Å². The summed E-state index contributed by atoms with van der Waals surface area (Å²) in [5.74, 6) is 1.65. The lowest BCUT2D eigenvalue weighted by molar-refractivity contribution is 0.101. The van der Waals surface area contributed by atoms with Gasteiger partial charge in [-0.3, -0.25) is 9.48 Å². The molecule has 0 bridgehead atoms. The van der Waals surface area contributed by atoms with Crippen molar-refractivity contribution in [2.45, 2.75) is 86.5 Å². The Hall–Kier alpha value is -2.75. The molecule has 0 aliphatic carbocycles. The second kappa shape index (κ2) is 13.7. The lowest BCUT2D eigenvalue weighted by Gasteiger charge is -2.10. The van der Waals surface area contributed by atoms with Gasteiger partial charge in [-0.25, -0.2) is 4.98 Å². The van der Waals surface area contributed by atoms with Crippen LogP contribution in [-0.2, 0) is 13.5 Å². The number of benzene rings is 1. The molecule has 180 valence electrons. The van der Waals surface area contributed by atoms with Crippen LogP contribution in [0.15, 0.2) is 48.8 Å². The molecule has 0 amide bonds. The van der Waals surface area contributed by atoms with Crippen molar-refractivity contribution in [3.05, 3.63) is 82.4 Å². The average molecular weight is 450 g/mol. The Kier molecular flexibility index (Phi) is 11.8. The van der Waals surface area contributed by atoms with Crippen LogP contribution in [-0.4, -0.2) is 20.5 Å². The number of Topliss-reactive ketones (excluding diaryl/α,β-unsaturated/α-hetero) is 1. The summed E-state index contributed by atoms with van der Waals surface area (Å²) in [6.07, 6.45) is 5.09. The Bertz CT molecular complexity index is 1000. The molecule has 0 unspecified atom stereocenters. The molecule has 0 spiro atoms. The fourth-order valence-corrected chi connectivity index (χ4v) is 3.24. The molecule has 4 heteroatoms. The van der Waals surface area contributed by atoms with E-state index in [9.17, 15) is 4.79 Å². The minimum Gasteiger partial charge on any atom is -0.293 e. The Morgan fingerprint density at radius 2 is 1.64 bits per heavy atom. The quantitative estimate of drug-likeness (QED) is 0.376. The third kappa shape index (κ3) is 9.73. The normalized spacial score (nSPS) is 10.6. The van der Waals surface area contributed by atoms with Crippen molar-refractivity contribution < 1.29 is 4.79 Å². The number of pyridine rings is 1. The first kappa shape index (κ1) is 28.3. The predicted octanol–water partition coefficient (Wildman–Crippen LogP) is 7.63. The number of hydrogen-bond acceptors (Lipinski definition) is 3. The number of aromatic nitrogens is 3. The van der Waals surface area contributed by atoms with Gasteiger partial charge in [-0.15, -0.1) is 0 Å². The summed E-state index contributed by atoms with van der Waals surface area (Å²) >= 11 is 0. The van der Waals surface area contributed by atoms with E-state index in [0.717, 1.165) is 12.1 Å². The molecule has 0 fully saturated rings. The van der Waals surface area contributed by atoms with Gasteiger partial charge < -0.3 is 0 Å². The van der Waals surface area contributed by atoms with Crippen LogP contribution < -0.4 is 0 Å². The molecule has 33 heavy (non-hydrogen) atoms. The molecule has 0 radical (unpaired) electrons. The average Bonchev–Trinajstić information content (AvgIpc) is 3.21. The molecule has 0 aliphatic rings. The van der Waals surface area contributed by atoms with Gasteiger partial charge >= 0.3 is 0 Å². The van der Waals surface area contributed by atoms with E-state index in [1.54, 1.807) is 6.07 Å².